The van der Waals surface area contributed by atoms with Crippen molar-refractivity contribution in [3.8, 4) is 11.3 Å². The van der Waals surface area contributed by atoms with E-state index in [1.54, 1.807) is 6.20 Å². The van der Waals surface area contributed by atoms with Crippen molar-refractivity contribution < 1.29 is 0 Å². The Balaban J connectivity index is 2.48. The van der Waals surface area contributed by atoms with Crippen molar-refractivity contribution in [1.29, 1.82) is 0 Å². The van der Waals surface area contributed by atoms with Crippen molar-refractivity contribution in [2.24, 2.45) is 0 Å². The van der Waals surface area contributed by atoms with Crippen molar-refractivity contribution in [3.63, 3.8) is 0 Å². The van der Waals surface area contributed by atoms with Crippen molar-refractivity contribution in [2.75, 3.05) is 0 Å². The Bertz CT molecular complexity index is 253. The maximum absolute atomic E-state index is 3.84. The smallest absolute Gasteiger partial charge is 0.122 e. The molecule has 0 spiro atoms. The fourth-order valence-electron chi connectivity index (χ4n) is 0.635. The van der Waals surface area contributed by atoms with E-state index in [-0.39, 0.29) is 0 Å². The summed E-state index contributed by atoms with van der Waals surface area (Å²) in [5.74, 6) is 0. The van der Waals surface area contributed by atoms with Crippen LogP contribution in [0.4, 0.5) is 0 Å². The Labute approximate surface area is 61.1 Å². The number of hydrogen-bond acceptors (Lipinski definition) is 4. The molecule has 0 saturated carbocycles. The Morgan fingerprint density at radius 3 is 3.20 bits per heavy atom. The van der Waals surface area contributed by atoms with Gasteiger partial charge in [0.1, 0.15) is 11.9 Å². The van der Waals surface area contributed by atoms with Gasteiger partial charge in [0.05, 0.1) is 5.56 Å². The van der Waals surface area contributed by atoms with Crippen LogP contribution < -0.4 is 0 Å². The Kier molecular flexibility index (Phi) is 1.21. The van der Waals surface area contributed by atoms with Crippen LogP contribution in [0.25, 0.3) is 11.3 Å². The van der Waals surface area contributed by atoms with Gasteiger partial charge in [-0.05, 0) is 11.5 Å². The first-order chi connectivity index (χ1) is 4.97. The molecule has 0 fully saturated rings. The summed E-state index contributed by atoms with van der Waals surface area (Å²) in [6, 6.07) is 0. The Morgan fingerprint density at radius 1 is 1.60 bits per heavy atom. The topological polar surface area (TPSA) is 54.5 Å². The highest BCUT2D eigenvalue weighted by molar-refractivity contribution is 7.03. The Morgan fingerprint density at radius 2 is 2.60 bits per heavy atom. The standard InChI is InChI=1S/C5H3N4S/c1-4(2-7-6-1)5-3-10-9-8-5/h1,3H,(H,6,7). The molecule has 0 aliphatic rings. The first-order valence-electron chi connectivity index (χ1n) is 2.66. The molecule has 2 aromatic heterocycles. The van der Waals surface area contributed by atoms with E-state index in [9.17, 15) is 0 Å². The maximum Gasteiger partial charge on any atom is 0.122 e. The molecule has 0 unspecified atom stereocenters. The number of nitrogens with one attached hydrogen (secondary N) is 1. The summed E-state index contributed by atoms with van der Waals surface area (Å²) in [6.07, 6.45) is 4.47. The van der Waals surface area contributed by atoms with Gasteiger partial charge in [-0.1, -0.05) is 4.49 Å². The minimum Gasteiger partial charge on any atom is -0.284 e. The summed E-state index contributed by atoms with van der Waals surface area (Å²) in [4.78, 5) is 0. The van der Waals surface area contributed by atoms with E-state index in [4.69, 9.17) is 0 Å². The van der Waals surface area contributed by atoms with Gasteiger partial charge in [-0.25, -0.2) is 0 Å². The number of nitrogens with zero attached hydrogens (tertiary/aromatic N) is 3. The van der Waals surface area contributed by atoms with Crippen molar-refractivity contribution in [3.05, 3.63) is 17.8 Å². The monoisotopic (exact) mass is 151 g/mol. The Hall–Kier alpha value is -1.23. The molecule has 0 saturated heterocycles. The minimum absolute atomic E-state index is 0.818. The van der Waals surface area contributed by atoms with Crippen LogP contribution in [0.5, 0.6) is 0 Å². The highest BCUT2D eigenvalue weighted by Gasteiger charge is 2.00. The lowest BCUT2D eigenvalue weighted by Gasteiger charge is -1.79. The lowest BCUT2D eigenvalue weighted by molar-refractivity contribution is 1.08. The molecule has 49 valence electrons. The van der Waals surface area contributed by atoms with E-state index in [0.29, 0.717) is 0 Å². The molecule has 2 heterocycles. The highest BCUT2D eigenvalue weighted by Crippen LogP contribution is 2.13. The van der Waals surface area contributed by atoms with Gasteiger partial charge in [-0.3, -0.25) is 5.10 Å². The van der Waals surface area contributed by atoms with E-state index >= 15 is 0 Å². The molecular formula is C5H3N4S. The fraction of sp³-hybridized carbons (Fsp3) is 0. The van der Waals surface area contributed by atoms with E-state index < -0.39 is 0 Å². The summed E-state index contributed by atoms with van der Waals surface area (Å²) in [7, 11) is 0. The number of hydrogen-bond donors (Lipinski definition) is 1. The van der Waals surface area contributed by atoms with Crippen LogP contribution in [0.2, 0.25) is 0 Å². The lowest BCUT2D eigenvalue weighted by Crippen LogP contribution is -1.71. The van der Waals surface area contributed by atoms with Crippen molar-refractivity contribution >= 4 is 11.5 Å². The molecule has 5 heteroatoms. The summed E-state index contributed by atoms with van der Waals surface area (Å²) in [6.45, 7) is 0. The van der Waals surface area contributed by atoms with Gasteiger partial charge in [0, 0.05) is 11.6 Å². The van der Waals surface area contributed by atoms with Gasteiger partial charge in [0.15, 0.2) is 0 Å². The summed E-state index contributed by atoms with van der Waals surface area (Å²) >= 11 is 1.32. The minimum atomic E-state index is 0.818. The zero-order valence-corrected chi connectivity index (χ0v) is 5.72. The van der Waals surface area contributed by atoms with Crippen molar-refractivity contribution in [2.45, 2.75) is 0 Å². The third kappa shape index (κ3) is 0.801. The quantitative estimate of drug-likeness (QED) is 0.653. The molecule has 0 aliphatic heterocycles. The highest BCUT2D eigenvalue weighted by atomic mass is 32.1. The zero-order valence-electron chi connectivity index (χ0n) is 4.90. The predicted molar refractivity (Wildman–Crippen MR) is 36.3 cm³/mol. The first kappa shape index (κ1) is 5.55. The summed E-state index contributed by atoms with van der Waals surface area (Å²) < 4.78 is 3.71. The third-order valence-electron chi connectivity index (χ3n) is 1.09. The van der Waals surface area contributed by atoms with Crippen LogP contribution in [-0.2, 0) is 0 Å². The molecule has 0 amide bonds. The zero-order chi connectivity index (χ0) is 6.81. The van der Waals surface area contributed by atoms with Crippen LogP contribution in [0.15, 0.2) is 11.6 Å². The fourth-order valence-corrected chi connectivity index (χ4v) is 1.09. The average Bonchev–Trinajstić information content (AvgIpc) is 2.59. The van der Waals surface area contributed by atoms with E-state index in [0.717, 1.165) is 11.3 Å². The van der Waals surface area contributed by atoms with Crippen LogP contribution in [0, 0.1) is 6.20 Å². The molecule has 0 bridgehead atoms. The maximum atomic E-state index is 3.84. The van der Waals surface area contributed by atoms with Gasteiger partial charge in [0.25, 0.3) is 0 Å². The van der Waals surface area contributed by atoms with Crippen molar-refractivity contribution in [1.82, 2.24) is 19.8 Å². The molecular weight excluding hydrogens is 148 g/mol. The molecule has 0 aromatic carbocycles. The summed E-state index contributed by atoms with van der Waals surface area (Å²) in [5, 5.41) is 12.0. The van der Waals surface area contributed by atoms with Crippen LogP contribution in [0.3, 0.4) is 0 Å². The number of H-pyrrole nitrogens is 1. The van der Waals surface area contributed by atoms with Gasteiger partial charge < -0.3 is 0 Å². The normalized spacial score (nSPS) is 10.0. The molecule has 0 atom stereocenters. The van der Waals surface area contributed by atoms with Crippen LogP contribution in [-0.4, -0.2) is 19.8 Å². The van der Waals surface area contributed by atoms with Crippen LogP contribution >= 0.6 is 11.5 Å². The van der Waals surface area contributed by atoms with E-state index in [1.165, 1.54) is 11.5 Å². The second kappa shape index (κ2) is 2.18. The second-order valence-corrected chi connectivity index (χ2v) is 2.31. The van der Waals surface area contributed by atoms with E-state index in [1.807, 2.05) is 5.38 Å². The molecule has 2 rings (SSSR count). The molecule has 10 heavy (non-hydrogen) atoms. The van der Waals surface area contributed by atoms with Crippen LogP contribution in [0.1, 0.15) is 0 Å². The second-order valence-electron chi connectivity index (χ2n) is 1.70. The van der Waals surface area contributed by atoms with E-state index in [2.05, 4.69) is 26.0 Å². The average molecular weight is 151 g/mol. The molecule has 4 nitrogen and oxygen atoms in total. The van der Waals surface area contributed by atoms with Gasteiger partial charge in [0.2, 0.25) is 0 Å². The molecule has 2 aromatic rings. The molecule has 1 N–H and O–H groups in total. The van der Waals surface area contributed by atoms with Gasteiger partial charge in [-0.2, -0.15) is 5.10 Å². The molecule has 0 aliphatic carbocycles. The number of aromatic amines is 1. The largest absolute Gasteiger partial charge is 0.284 e. The molecule has 1 radical (unpaired) electrons. The third-order valence-corrected chi connectivity index (χ3v) is 1.59. The van der Waals surface area contributed by atoms with Gasteiger partial charge >= 0.3 is 0 Å². The van der Waals surface area contributed by atoms with Gasteiger partial charge in [-0.15, -0.1) is 5.10 Å². The first-order valence-corrected chi connectivity index (χ1v) is 3.49. The number of aromatic nitrogens is 4. The SMILES string of the molecule is [c]1n[nH]cc1-c1csnn1. The summed E-state index contributed by atoms with van der Waals surface area (Å²) in [5.41, 5.74) is 1.67. The number of rotatable bonds is 1. The lowest BCUT2D eigenvalue weighted by atomic mass is 10.3. The predicted octanol–water partition coefficient (Wildman–Crippen LogP) is 0.728.